The van der Waals surface area contributed by atoms with Crippen LogP contribution in [-0.2, 0) is 0 Å². The number of hydrogen-bond donors (Lipinski definition) is 0. The fourth-order valence-electron chi connectivity index (χ4n) is 0. The van der Waals surface area contributed by atoms with Crippen molar-refractivity contribution in [2.45, 2.75) is 0 Å². The normalized spacial score (nSPS) is 0. The van der Waals surface area contributed by atoms with E-state index in [0.717, 1.165) is 0 Å². The molecule has 0 aromatic rings. The van der Waals surface area contributed by atoms with Gasteiger partial charge in [0.2, 0.25) is 0 Å². The zero-order valence-electron chi connectivity index (χ0n) is 4.34. The predicted molar refractivity (Wildman–Crippen MR) is 5.81 cm³/mol. The monoisotopic (exact) mass is 168 g/mol. The molecule has 0 aliphatic rings. The molecule has 0 fully saturated rings. The standard InChI is InChI=1S/3K.3H2O/h;;;3*1H2/q3*+1;;;/p-3. The second kappa shape index (κ2) is 33.0. The van der Waals surface area contributed by atoms with E-state index in [0.29, 0.717) is 0 Å². The third-order valence-corrected chi connectivity index (χ3v) is 0. The molecule has 0 bridgehead atoms. The van der Waals surface area contributed by atoms with Gasteiger partial charge in [-0.15, -0.1) is 0 Å². The van der Waals surface area contributed by atoms with Crippen LogP contribution in [0.15, 0.2) is 0 Å². The van der Waals surface area contributed by atoms with Gasteiger partial charge < -0.3 is 16.4 Å². The van der Waals surface area contributed by atoms with E-state index in [1.165, 1.54) is 0 Å². The van der Waals surface area contributed by atoms with E-state index >= 15 is 0 Å². The summed E-state index contributed by atoms with van der Waals surface area (Å²) in [6.45, 7) is 0. The van der Waals surface area contributed by atoms with Crippen molar-refractivity contribution in [1.82, 2.24) is 0 Å². The van der Waals surface area contributed by atoms with Crippen molar-refractivity contribution in [3.63, 3.8) is 0 Å². The van der Waals surface area contributed by atoms with Crippen LogP contribution >= 0.6 is 0 Å². The summed E-state index contributed by atoms with van der Waals surface area (Å²) in [6.07, 6.45) is 0. The van der Waals surface area contributed by atoms with Crippen molar-refractivity contribution in [1.29, 1.82) is 0 Å². The van der Waals surface area contributed by atoms with Gasteiger partial charge in [-0.25, -0.2) is 0 Å². The van der Waals surface area contributed by atoms with E-state index in [-0.39, 0.29) is 171 Å². The Morgan fingerprint density at radius 3 is 0.333 bits per heavy atom. The van der Waals surface area contributed by atoms with Crippen molar-refractivity contribution in [2.75, 3.05) is 0 Å². The molecule has 0 radical (unpaired) electrons. The van der Waals surface area contributed by atoms with Crippen molar-refractivity contribution >= 4 is 0 Å². The summed E-state index contributed by atoms with van der Waals surface area (Å²) in [7, 11) is 0. The third kappa shape index (κ3) is 23.2. The van der Waals surface area contributed by atoms with Crippen LogP contribution in [0.4, 0.5) is 0 Å². The van der Waals surface area contributed by atoms with Crippen LogP contribution in [-0.4, -0.2) is 16.4 Å². The molecular weight excluding hydrogens is 165 g/mol. The number of rotatable bonds is 0. The van der Waals surface area contributed by atoms with Crippen LogP contribution in [0.1, 0.15) is 0 Å². The fraction of sp³-hybridized carbons (Fsp3) is 0. The maximum Gasteiger partial charge on any atom is 1.00 e. The van der Waals surface area contributed by atoms with Crippen LogP contribution in [0.2, 0.25) is 0 Å². The first-order valence-corrected chi connectivity index (χ1v) is 0. The van der Waals surface area contributed by atoms with Gasteiger partial charge in [0.25, 0.3) is 0 Å². The first-order valence-electron chi connectivity index (χ1n) is 0. The first kappa shape index (κ1) is 45.1. The molecule has 0 atom stereocenters. The molecule has 6 heteroatoms. The topological polar surface area (TPSA) is 90.0 Å². The summed E-state index contributed by atoms with van der Waals surface area (Å²) in [5.41, 5.74) is 0. The molecule has 0 saturated heterocycles. The smallest absolute Gasteiger partial charge is 0.870 e. The fourth-order valence-corrected chi connectivity index (χ4v) is 0. The molecule has 0 aromatic carbocycles. The Kier molecular flexibility index (Phi) is 248. The summed E-state index contributed by atoms with van der Waals surface area (Å²) in [4.78, 5) is 0. The Morgan fingerprint density at radius 2 is 0.333 bits per heavy atom. The Bertz CT molecular complexity index is 6.00. The molecule has 0 saturated carbocycles. The third-order valence-electron chi connectivity index (χ3n) is 0. The predicted octanol–water partition coefficient (Wildman–Crippen LogP) is -9.52. The van der Waals surface area contributed by atoms with Gasteiger partial charge in [0.05, 0.1) is 0 Å². The molecule has 0 aliphatic carbocycles. The maximum atomic E-state index is 0. The zero-order valence-corrected chi connectivity index (χ0v) is 13.7. The molecule has 0 aliphatic heterocycles. The van der Waals surface area contributed by atoms with E-state index in [2.05, 4.69) is 0 Å². The second-order valence-corrected chi connectivity index (χ2v) is 0. The molecule has 3 N–H and O–H groups in total. The minimum atomic E-state index is 0. The van der Waals surface area contributed by atoms with Crippen molar-refractivity contribution in [3.8, 4) is 0 Å². The summed E-state index contributed by atoms with van der Waals surface area (Å²) in [5.74, 6) is 0. The molecule has 0 rings (SSSR count). The molecule has 0 unspecified atom stereocenters. The van der Waals surface area contributed by atoms with Gasteiger partial charge in [-0.2, -0.15) is 0 Å². The second-order valence-electron chi connectivity index (χ2n) is 0. The van der Waals surface area contributed by atoms with Gasteiger partial charge in [0.15, 0.2) is 0 Å². The molecule has 0 heterocycles. The van der Waals surface area contributed by atoms with Gasteiger partial charge in [-0.1, -0.05) is 0 Å². The maximum absolute atomic E-state index is 0. The summed E-state index contributed by atoms with van der Waals surface area (Å²) in [6, 6.07) is 0. The molecule has 6 heavy (non-hydrogen) atoms. The molecule has 0 aromatic heterocycles. The van der Waals surface area contributed by atoms with Crippen LogP contribution in [0.5, 0.6) is 0 Å². The van der Waals surface area contributed by atoms with E-state index in [1.807, 2.05) is 0 Å². The Labute approximate surface area is 165 Å². The van der Waals surface area contributed by atoms with E-state index in [1.54, 1.807) is 0 Å². The molecule has 3 nitrogen and oxygen atoms in total. The zero-order chi connectivity index (χ0) is 0. The molecule has 24 valence electrons. The minimum absolute atomic E-state index is 0. The molecule has 0 amide bonds. The Hall–Kier alpha value is 4.79. The van der Waals surface area contributed by atoms with Gasteiger partial charge in [-0.05, 0) is 0 Å². The van der Waals surface area contributed by atoms with Gasteiger partial charge in [0, 0.05) is 0 Å². The van der Waals surface area contributed by atoms with Crippen molar-refractivity contribution in [2.24, 2.45) is 0 Å². The summed E-state index contributed by atoms with van der Waals surface area (Å²) >= 11 is 0. The average molecular weight is 168 g/mol. The Morgan fingerprint density at radius 1 is 0.333 bits per heavy atom. The van der Waals surface area contributed by atoms with Crippen molar-refractivity contribution < 1.29 is 171 Å². The SMILES string of the molecule is [K+].[K+].[K+].[OH-].[OH-].[OH-]. The first-order chi connectivity index (χ1) is 0. The molecule has 0 spiro atoms. The molecular formula is H3K3O3. The van der Waals surface area contributed by atoms with Crippen molar-refractivity contribution in [3.05, 3.63) is 0 Å². The van der Waals surface area contributed by atoms with Gasteiger partial charge >= 0.3 is 154 Å². The van der Waals surface area contributed by atoms with Gasteiger partial charge in [0.1, 0.15) is 0 Å². The Balaban J connectivity index is 0. The average Bonchev–Trinajstić information content (AvgIpc) is 0. The van der Waals surface area contributed by atoms with E-state index < -0.39 is 0 Å². The minimum Gasteiger partial charge on any atom is -0.870 e. The van der Waals surface area contributed by atoms with E-state index in [9.17, 15) is 0 Å². The van der Waals surface area contributed by atoms with Crippen LogP contribution < -0.4 is 154 Å². The largest absolute Gasteiger partial charge is 1.00 e. The van der Waals surface area contributed by atoms with E-state index in [4.69, 9.17) is 0 Å². The van der Waals surface area contributed by atoms with Gasteiger partial charge in [-0.3, -0.25) is 0 Å². The summed E-state index contributed by atoms with van der Waals surface area (Å²) in [5, 5.41) is 0. The quantitative estimate of drug-likeness (QED) is 0.336. The van der Waals surface area contributed by atoms with Crippen LogP contribution in [0.3, 0.4) is 0 Å². The van der Waals surface area contributed by atoms with Crippen LogP contribution in [0.25, 0.3) is 0 Å². The summed E-state index contributed by atoms with van der Waals surface area (Å²) < 4.78 is 0. The van der Waals surface area contributed by atoms with Crippen LogP contribution in [0, 0.1) is 0 Å². The number of hydrogen-bond acceptors (Lipinski definition) is 3.